The molecule has 0 spiro atoms. The summed E-state index contributed by atoms with van der Waals surface area (Å²) < 4.78 is 39.1. The average Bonchev–Trinajstić information content (AvgIpc) is 2.70. The molecule has 0 aliphatic carbocycles. The number of hydrogen-bond donors (Lipinski definition) is 0. The first-order chi connectivity index (χ1) is 13.7. The third-order valence-corrected chi connectivity index (χ3v) is 4.92. The van der Waals surface area contributed by atoms with Crippen LogP contribution in [0.5, 0.6) is 0 Å². The van der Waals surface area contributed by atoms with Crippen LogP contribution in [0.25, 0.3) is 0 Å². The molecule has 2 unspecified atom stereocenters. The van der Waals surface area contributed by atoms with Crippen molar-refractivity contribution in [2.24, 2.45) is 0 Å². The highest BCUT2D eigenvalue weighted by Crippen LogP contribution is 2.50. The van der Waals surface area contributed by atoms with Crippen molar-refractivity contribution in [2.75, 3.05) is 13.2 Å². The topological polar surface area (TPSA) is 97.4 Å². The summed E-state index contributed by atoms with van der Waals surface area (Å²) in [7, 11) is -4.05. The molecule has 0 aromatic heterocycles. The molecule has 2 atom stereocenters. The van der Waals surface area contributed by atoms with Gasteiger partial charge < -0.3 is 9.47 Å². The third-order valence-electron chi connectivity index (χ3n) is 3.54. The zero-order valence-corrected chi connectivity index (χ0v) is 17.8. The summed E-state index contributed by atoms with van der Waals surface area (Å²) in [6.07, 6.45) is 0.597. The molecule has 0 radical (unpaired) electrons. The number of aryl methyl sites for hydroxylation is 1. The Morgan fingerprint density at radius 2 is 1.45 bits per heavy atom. The summed E-state index contributed by atoms with van der Waals surface area (Å²) >= 11 is 0. The van der Waals surface area contributed by atoms with Crippen molar-refractivity contribution in [3.63, 3.8) is 0 Å². The first-order valence-electron chi connectivity index (χ1n) is 8.93. The van der Waals surface area contributed by atoms with Crippen LogP contribution in [0.3, 0.4) is 0 Å². The molecule has 9 heteroatoms. The molecule has 0 amide bonds. The predicted molar refractivity (Wildman–Crippen MR) is 107 cm³/mol. The Labute approximate surface area is 171 Å². The monoisotopic (exact) mass is 426 g/mol. The molecule has 0 saturated heterocycles. The highest BCUT2D eigenvalue weighted by molar-refractivity contribution is 7.48. The van der Waals surface area contributed by atoms with Gasteiger partial charge in [0.25, 0.3) is 0 Å². The van der Waals surface area contributed by atoms with Gasteiger partial charge in [-0.1, -0.05) is 37.4 Å². The molecular formula is C20H27O8P. The van der Waals surface area contributed by atoms with E-state index in [1.54, 1.807) is 13.8 Å². The van der Waals surface area contributed by atoms with Gasteiger partial charge in [-0.15, -0.1) is 0 Å². The van der Waals surface area contributed by atoms with Gasteiger partial charge in [-0.3, -0.25) is 13.6 Å². The quantitative estimate of drug-likeness (QED) is 0.266. The van der Waals surface area contributed by atoms with Crippen molar-refractivity contribution in [1.29, 1.82) is 0 Å². The Kier molecular flexibility index (Phi) is 10.5. The maximum absolute atomic E-state index is 13.0. The second kappa shape index (κ2) is 12.3. The van der Waals surface area contributed by atoms with E-state index in [0.717, 1.165) is 23.3 Å². The Morgan fingerprint density at radius 3 is 1.90 bits per heavy atom. The van der Waals surface area contributed by atoms with E-state index in [1.165, 1.54) is 0 Å². The van der Waals surface area contributed by atoms with Crippen LogP contribution in [0.4, 0.5) is 0 Å². The number of ether oxygens (including phenoxy) is 2. The second-order valence-electron chi connectivity index (χ2n) is 6.14. The van der Waals surface area contributed by atoms with Gasteiger partial charge >= 0.3 is 19.8 Å². The minimum Gasteiger partial charge on any atom is -0.457 e. The number of phosphoric acid groups is 1. The zero-order chi connectivity index (χ0) is 21.9. The number of benzene rings is 1. The smallest absolute Gasteiger partial charge is 0.457 e. The lowest BCUT2D eigenvalue weighted by atomic mass is 10.1. The lowest BCUT2D eigenvalue weighted by Crippen LogP contribution is -2.21. The standard InChI is InChI=1S/C20H27O8P/c1-6-19(21)27-16(4)12-24-29(23,25-13-17(5)28-20(22)7-2)26-14-18-11-9-8-10-15(18)3/h6-11,16-17H,1-2,12-14H2,3-5H3. The molecular weight excluding hydrogens is 399 g/mol. The Hall–Kier alpha value is -2.25. The lowest BCUT2D eigenvalue weighted by molar-refractivity contribution is -0.143. The highest BCUT2D eigenvalue weighted by atomic mass is 31.2. The average molecular weight is 426 g/mol. The van der Waals surface area contributed by atoms with E-state index in [0.29, 0.717) is 0 Å². The normalized spacial score (nSPS) is 14.9. The number of esters is 2. The minimum absolute atomic E-state index is 0.0222. The van der Waals surface area contributed by atoms with Crippen molar-refractivity contribution in [3.05, 3.63) is 60.7 Å². The third kappa shape index (κ3) is 9.67. The molecule has 1 aromatic carbocycles. The van der Waals surface area contributed by atoms with Gasteiger partial charge in [0.2, 0.25) is 0 Å². The molecule has 1 rings (SSSR count). The maximum atomic E-state index is 13.0. The van der Waals surface area contributed by atoms with Crippen molar-refractivity contribution in [1.82, 2.24) is 0 Å². The molecule has 8 nitrogen and oxygen atoms in total. The number of carbonyl (C=O) groups excluding carboxylic acids is 2. The number of carbonyl (C=O) groups is 2. The fourth-order valence-electron chi connectivity index (χ4n) is 1.99. The van der Waals surface area contributed by atoms with Gasteiger partial charge in [-0.25, -0.2) is 14.2 Å². The van der Waals surface area contributed by atoms with Gasteiger partial charge in [0.1, 0.15) is 12.2 Å². The Morgan fingerprint density at radius 1 is 0.966 bits per heavy atom. The van der Waals surface area contributed by atoms with Crippen LogP contribution in [-0.2, 0) is 43.8 Å². The van der Waals surface area contributed by atoms with Crippen LogP contribution in [0.1, 0.15) is 25.0 Å². The van der Waals surface area contributed by atoms with E-state index in [4.69, 9.17) is 23.0 Å². The molecule has 0 saturated carbocycles. The van der Waals surface area contributed by atoms with E-state index >= 15 is 0 Å². The molecule has 1 aromatic rings. The second-order valence-corrected chi connectivity index (χ2v) is 7.81. The minimum atomic E-state index is -4.05. The molecule has 0 fully saturated rings. The first-order valence-corrected chi connectivity index (χ1v) is 10.4. The van der Waals surface area contributed by atoms with E-state index in [1.807, 2.05) is 31.2 Å². The van der Waals surface area contributed by atoms with Crippen molar-refractivity contribution < 1.29 is 37.2 Å². The number of phosphoric ester groups is 1. The van der Waals surface area contributed by atoms with Crippen LogP contribution < -0.4 is 0 Å². The summed E-state index contributed by atoms with van der Waals surface area (Å²) in [5.41, 5.74) is 1.75. The van der Waals surface area contributed by atoms with Crippen molar-refractivity contribution in [2.45, 2.75) is 39.6 Å². The molecule has 29 heavy (non-hydrogen) atoms. The van der Waals surface area contributed by atoms with E-state index < -0.39 is 32.0 Å². The fourth-order valence-corrected chi connectivity index (χ4v) is 3.29. The summed E-state index contributed by atoms with van der Waals surface area (Å²) in [5, 5.41) is 0. The van der Waals surface area contributed by atoms with E-state index in [2.05, 4.69) is 13.2 Å². The van der Waals surface area contributed by atoms with Crippen LogP contribution in [0, 0.1) is 6.92 Å². The number of hydrogen-bond acceptors (Lipinski definition) is 8. The summed E-state index contributed by atoms with van der Waals surface area (Å²) in [5.74, 6) is -1.27. The molecule has 0 N–H and O–H groups in total. The molecule has 0 aliphatic rings. The van der Waals surface area contributed by atoms with Crippen LogP contribution in [0.2, 0.25) is 0 Å². The van der Waals surface area contributed by atoms with Gasteiger partial charge in [0, 0.05) is 12.2 Å². The maximum Gasteiger partial charge on any atom is 0.475 e. The highest BCUT2D eigenvalue weighted by Gasteiger charge is 2.30. The first kappa shape index (κ1) is 24.8. The lowest BCUT2D eigenvalue weighted by Gasteiger charge is -2.22. The molecule has 160 valence electrons. The van der Waals surface area contributed by atoms with Crippen LogP contribution in [-0.4, -0.2) is 37.4 Å². The van der Waals surface area contributed by atoms with E-state index in [-0.39, 0.29) is 19.8 Å². The van der Waals surface area contributed by atoms with Gasteiger partial charge in [0.05, 0.1) is 19.8 Å². The SMILES string of the molecule is C=CC(=O)OC(C)COP(=O)(OCc1ccccc1C)OCC(C)OC(=O)C=C. The summed E-state index contributed by atoms with van der Waals surface area (Å²) in [4.78, 5) is 22.5. The van der Waals surface area contributed by atoms with Crippen LogP contribution >= 0.6 is 7.82 Å². The molecule has 0 heterocycles. The van der Waals surface area contributed by atoms with E-state index in [9.17, 15) is 14.2 Å². The fraction of sp³-hybridized carbons (Fsp3) is 0.400. The molecule has 0 aliphatic heterocycles. The van der Waals surface area contributed by atoms with Gasteiger partial charge in [-0.2, -0.15) is 0 Å². The van der Waals surface area contributed by atoms with Gasteiger partial charge in [0.15, 0.2) is 0 Å². The summed E-state index contributed by atoms with van der Waals surface area (Å²) in [6, 6.07) is 7.41. The zero-order valence-electron chi connectivity index (χ0n) is 16.9. The largest absolute Gasteiger partial charge is 0.475 e. The summed E-state index contributed by atoms with van der Waals surface area (Å²) in [6.45, 7) is 11.1. The molecule has 0 bridgehead atoms. The van der Waals surface area contributed by atoms with Crippen molar-refractivity contribution in [3.8, 4) is 0 Å². The predicted octanol–water partition coefficient (Wildman–Crippen LogP) is 3.89. The Bertz CT molecular complexity index is 725. The number of rotatable bonds is 13. The van der Waals surface area contributed by atoms with Gasteiger partial charge in [-0.05, 0) is 31.9 Å². The Balaban J connectivity index is 2.76. The van der Waals surface area contributed by atoms with Crippen molar-refractivity contribution >= 4 is 19.8 Å². The van der Waals surface area contributed by atoms with Crippen LogP contribution in [0.15, 0.2) is 49.6 Å².